The molecule has 31 heavy (non-hydrogen) atoms. The fourth-order valence-electron chi connectivity index (χ4n) is 3.79. The van der Waals surface area contributed by atoms with Crippen LogP contribution in [0.2, 0.25) is 0 Å². The van der Waals surface area contributed by atoms with Crippen molar-refractivity contribution in [2.45, 2.75) is 45.1 Å². The zero-order valence-electron chi connectivity index (χ0n) is 17.2. The molecule has 3 fully saturated rings. The summed E-state index contributed by atoms with van der Waals surface area (Å²) in [5, 5.41) is 27.2. The molecule has 1 aliphatic heterocycles. The minimum Gasteiger partial charge on any atom is -0.309 e. The Morgan fingerprint density at radius 2 is 1.94 bits per heavy atom. The molecule has 1 amide bonds. The number of hydrogen-bond donors (Lipinski definition) is 0. The molecule has 4 heterocycles. The first-order valence-electron chi connectivity index (χ1n) is 10.7. The second kappa shape index (κ2) is 7.55. The predicted octanol–water partition coefficient (Wildman–Crippen LogP) is 3.55. The zero-order valence-corrected chi connectivity index (χ0v) is 17.2. The minimum absolute atomic E-state index is 0.155. The number of fused-ring (bicyclic) bond motifs is 1. The van der Waals surface area contributed by atoms with Gasteiger partial charge in [0, 0.05) is 36.3 Å². The number of rotatable bonds is 4. The Morgan fingerprint density at radius 1 is 1.13 bits per heavy atom. The Hall–Kier alpha value is -3.65. The summed E-state index contributed by atoms with van der Waals surface area (Å²) in [5.41, 5.74) is 3.20. The lowest BCUT2D eigenvalue weighted by atomic mass is 10.1. The van der Waals surface area contributed by atoms with Crippen LogP contribution in [0.1, 0.15) is 38.5 Å². The highest BCUT2D eigenvalue weighted by atomic mass is 16.2. The number of anilines is 1. The number of carbonyl (C=O) groups excluding carboxylic acids is 1. The van der Waals surface area contributed by atoms with Crippen molar-refractivity contribution in [2.24, 2.45) is 11.3 Å². The molecule has 1 saturated heterocycles. The normalized spacial score (nSPS) is 20.6. The van der Waals surface area contributed by atoms with Crippen molar-refractivity contribution in [1.82, 2.24) is 19.4 Å². The van der Waals surface area contributed by atoms with Crippen molar-refractivity contribution in [1.29, 1.82) is 10.5 Å². The van der Waals surface area contributed by atoms with Crippen molar-refractivity contribution >= 4 is 17.1 Å². The SMILES string of the molecule is C1CC1.N#CC1CCN(c2ccnn3cc(-c4cnn(CC5(C#N)CC5)c4)cc23)C1=O. The number of amides is 1. The largest absolute Gasteiger partial charge is 0.309 e. The van der Waals surface area contributed by atoms with Crippen LogP contribution in [0.15, 0.2) is 36.9 Å². The molecule has 2 saturated carbocycles. The van der Waals surface area contributed by atoms with Gasteiger partial charge in [-0.2, -0.15) is 20.7 Å². The lowest BCUT2D eigenvalue weighted by Crippen LogP contribution is -2.27. The van der Waals surface area contributed by atoms with Crippen LogP contribution in [0, 0.1) is 34.0 Å². The van der Waals surface area contributed by atoms with E-state index in [-0.39, 0.29) is 11.3 Å². The van der Waals surface area contributed by atoms with E-state index in [1.54, 1.807) is 21.8 Å². The molecule has 3 aliphatic rings. The van der Waals surface area contributed by atoms with Gasteiger partial charge in [0.05, 0.1) is 41.5 Å². The van der Waals surface area contributed by atoms with Crippen molar-refractivity contribution in [3.8, 4) is 23.3 Å². The van der Waals surface area contributed by atoms with Crippen LogP contribution in [-0.4, -0.2) is 31.8 Å². The van der Waals surface area contributed by atoms with Crippen molar-refractivity contribution in [3.63, 3.8) is 0 Å². The van der Waals surface area contributed by atoms with Gasteiger partial charge in [0.15, 0.2) is 0 Å². The Labute approximate surface area is 180 Å². The van der Waals surface area contributed by atoms with E-state index in [0.29, 0.717) is 19.5 Å². The van der Waals surface area contributed by atoms with Gasteiger partial charge in [-0.3, -0.25) is 9.48 Å². The van der Waals surface area contributed by atoms with Gasteiger partial charge in [-0.1, -0.05) is 19.3 Å². The third kappa shape index (κ3) is 3.77. The van der Waals surface area contributed by atoms with E-state index in [2.05, 4.69) is 22.3 Å². The number of nitriles is 2. The Balaban J connectivity index is 0.000000628. The highest BCUT2D eigenvalue weighted by Crippen LogP contribution is 2.46. The molecule has 8 heteroatoms. The van der Waals surface area contributed by atoms with Crippen LogP contribution in [0.3, 0.4) is 0 Å². The van der Waals surface area contributed by atoms with E-state index in [4.69, 9.17) is 5.26 Å². The van der Waals surface area contributed by atoms with Gasteiger partial charge in [0.1, 0.15) is 5.92 Å². The molecule has 0 aromatic carbocycles. The number of aromatic nitrogens is 4. The molecule has 0 radical (unpaired) electrons. The molecule has 0 N–H and O–H groups in total. The molecule has 0 spiro atoms. The summed E-state index contributed by atoms with van der Waals surface area (Å²) in [5.74, 6) is -0.729. The van der Waals surface area contributed by atoms with Crippen LogP contribution in [-0.2, 0) is 11.3 Å². The second-order valence-electron chi connectivity index (χ2n) is 8.61. The topological polar surface area (TPSA) is 103 Å². The lowest BCUT2D eigenvalue weighted by molar-refractivity contribution is -0.118. The van der Waals surface area contributed by atoms with Gasteiger partial charge in [0.25, 0.3) is 0 Å². The highest BCUT2D eigenvalue weighted by molar-refractivity contribution is 6.02. The number of hydrogen-bond acceptors (Lipinski definition) is 5. The molecule has 1 unspecified atom stereocenters. The van der Waals surface area contributed by atoms with Crippen molar-refractivity contribution < 1.29 is 4.79 Å². The van der Waals surface area contributed by atoms with Crippen LogP contribution >= 0.6 is 0 Å². The molecular formula is C23H23N7O. The molecule has 1 atom stereocenters. The van der Waals surface area contributed by atoms with E-state index in [1.165, 1.54) is 19.3 Å². The van der Waals surface area contributed by atoms with E-state index in [0.717, 1.165) is 35.2 Å². The predicted molar refractivity (Wildman–Crippen MR) is 114 cm³/mol. The van der Waals surface area contributed by atoms with Crippen LogP contribution in [0.25, 0.3) is 16.6 Å². The van der Waals surface area contributed by atoms with Gasteiger partial charge >= 0.3 is 0 Å². The highest BCUT2D eigenvalue weighted by Gasteiger charge is 2.43. The molecule has 3 aromatic heterocycles. The molecule has 0 bridgehead atoms. The summed E-state index contributed by atoms with van der Waals surface area (Å²) in [4.78, 5) is 14.1. The van der Waals surface area contributed by atoms with Gasteiger partial charge in [0.2, 0.25) is 5.91 Å². The fourth-order valence-corrected chi connectivity index (χ4v) is 3.79. The molecule has 3 aromatic rings. The van der Waals surface area contributed by atoms with Crippen LogP contribution < -0.4 is 4.90 Å². The fraction of sp³-hybridized carbons (Fsp3) is 0.435. The number of nitrogens with zero attached hydrogens (tertiary/aromatic N) is 7. The van der Waals surface area contributed by atoms with E-state index >= 15 is 0 Å². The maximum absolute atomic E-state index is 12.5. The molecule has 156 valence electrons. The third-order valence-electron chi connectivity index (χ3n) is 6.01. The van der Waals surface area contributed by atoms with Gasteiger partial charge < -0.3 is 4.90 Å². The number of carbonyl (C=O) groups is 1. The summed E-state index contributed by atoms with van der Waals surface area (Å²) in [6.07, 6.45) is 14.2. The lowest BCUT2D eigenvalue weighted by Gasteiger charge is -2.16. The van der Waals surface area contributed by atoms with E-state index in [1.807, 2.05) is 29.2 Å². The first kappa shape index (κ1) is 19.3. The summed E-state index contributed by atoms with van der Waals surface area (Å²) < 4.78 is 3.57. The van der Waals surface area contributed by atoms with Crippen LogP contribution in [0.5, 0.6) is 0 Å². The maximum atomic E-state index is 12.5. The zero-order chi connectivity index (χ0) is 21.4. The quantitative estimate of drug-likeness (QED) is 0.651. The Bertz CT molecular complexity index is 1220. The monoisotopic (exact) mass is 413 g/mol. The van der Waals surface area contributed by atoms with Crippen molar-refractivity contribution in [3.05, 3.63) is 36.9 Å². The van der Waals surface area contributed by atoms with Gasteiger partial charge in [-0.15, -0.1) is 0 Å². The summed E-state index contributed by atoms with van der Waals surface area (Å²) in [6.45, 7) is 1.14. The average Bonchev–Trinajstić information content (AvgIpc) is 3.68. The summed E-state index contributed by atoms with van der Waals surface area (Å²) in [6, 6.07) is 8.25. The molecule has 2 aliphatic carbocycles. The van der Waals surface area contributed by atoms with Gasteiger partial charge in [-0.25, -0.2) is 4.52 Å². The van der Waals surface area contributed by atoms with Gasteiger partial charge in [-0.05, 0) is 31.4 Å². The molecule has 8 nitrogen and oxygen atoms in total. The first-order valence-corrected chi connectivity index (χ1v) is 10.7. The summed E-state index contributed by atoms with van der Waals surface area (Å²) >= 11 is 0. The average molecular weight is 413 g/mol. The molecular weight excluding hydrogens is 390 g/mol. The standard InChI is InChI=1S/C20H17N7O.C3H6/c21-8-14-2-6-26(19(14)28)17-1-5-23-27-11-15(7-18(17)27)16-9-24-25(10-16)13-20(12-22)3-4-20;1-2-3-1/h1,5,7,9-11,14H,2-4,6,13H2;1-3H2. The minimum atomic E-state index is -0.573. The van der Waals surface area contributed by atoms with E-state index in [9.17, 15) is 10.1 Å². The van der Waals surface area contributed by atoms with Crippen LogP contribution in [0.4, 0.5) is 5.69 Å². The summed E-state index contributed by atoms with van der Waals surface area (Å²) in [7, 11) is 0. The Kier molecular flexibility index (Phi) is 4.71. The van der Waals surface area contributed by atoms with Crippen molar-refractivity contribution in [2.75, 3.05) is 11.4 Å². The second-order valence-corrected chi connectivity index (χ2v) is 8.61. The smallest absolute Gasteiger partial charge is 0.244 e. The maximum Gasteiger partial charge on any atom is 0.244 e. The third-order valence-corrected chi connectivity index (χ3v) is 6.01. The first-order chi connectivity index (χ1) is 15.1. The molecule has 6 rings (SSSR count). The Morgan fingerprint density at radius 3 is 2.58 bits per heavy atom. The van der Waals surface area contributed by atoms with E-state index < -0.39 is 5.92 Å².